The first kappa shape index (κ1) is 21.4. The van der Waals surface area contributed by atoms with Gasteiger partial charge in [-0.15, -0.1) is 0 Å². The molecule has 166 valence electrons. The first-order valence-electron chi connectivity index (χ1n) is 10.9. The van der Waals surface area contributed by atoms with E-state index in [0.717, 1.165) is 76.9 Å². The monoisotopic (exact) mass is 426 g/mol. The Kier molecular flexibility index (Phi) is 7.25. The first-order valence-corrected chi connectivity index (χ1v) is 10.9. The number of rotatable bonds is 7. The maximum absolute atomic E-state index is 12.4. The normalized spacial score (nSPS) is 19.8. The van der Waals surface area contributed by atoms with Crippen molar-refractivity contribution in [3.8, 4) is 17.6 Å². The molecule has 2 N–H and O–H groups in total. The van der Waals surface area contributed by atoms with Crippen molar-refractivity contribution in [2.24, 2.45) is 0 Å². The standard InChI is InChI=1S/C22H30N6O3/c23-14-19(22(29)25-5-8-26-6-3-24-4-7-26)16-28-11-9-27(10-12-28)15-18-1-2-20-21(13-18)31-17-30-20/h1-2,13,16,24H,3-12,15,17H2,(H,25,29)/b19-16-. The topological polar surface area (TPSA) is 93.1 Å². The summed E-state index contributed by atoms with van der Waals surface area (Å²) >= 11 is 0. The van der Waals surface area contributed by atoms with Crippen molar-refractivity contribution in [3.63, 3.8) is 0 Å². The van der Waals surface area contributed by atoms with Gasteiger partial charge in [-0.05, 0) is 17.7 Å². The van der Waals surface area contributed by atoms with Crippen molar-refractivity contribution in [1.29, 1.82) is 5.26 Å². The van der Waals surface area contributed by atoms with Gasteiger partial charge in [0.2, 0.25) is 6.79 Å². The van der Waals surface area contributed by atoms with Crippen molar-refractivity contribution in [2.45, 2.75) is 6.54 Å². The average molecular weight is 427 g/mol. The lowest BCUT2D eigenvalue weighted by Gasteiger charge is -2.34. The van der Waals surface area contributed by atoms with Crippen LogP contribution < -0.4 is 20.1 Å². The molecule has 0 bridgehead atoms. The van der Waals surface area contributed by atoms with Crippen LogP contribution in [0.15, 0.2) is 30.0 Å². The minimum Gasteiger partial charge on any atom is -0.454 e. The molecule has 9 nitrogen and oxygen atoms in total. The molecule has 2 fully saturated rings. The van der Waals surface area contributed by atoms with Crippen LogP contribution in [0, 0.1) is 11.3 Å². The van der Waals surface area contributed by atoms with Crippen molar-refractivity contribution >= 4 is 5.91 Å². The summed E-state index contributed by atoms with van der Waals surface area (Å²) in [6.45, 7) is 9.75. The number of carbonyl (C=O) groups excluding carboxylic acids is 1. The minimum absolute atomic E-state index is 0.171. The molecule has 1 aromatic rings. The molecule has 0 radical (unpaired) electrons. The van der Waals surface area contributed by atoms with Crippen LogP contribution in [0.3, 0.4) is 0 Å². The van der Waals surface area contributed by atoms with Crippen LogP contribution in [0.5, 0.6) is 11.5 Å². The molecule has 31 heavy (non-hydrogen) atoms. The summed E-state index contributed by atoms with van der Waals surface area (Å²) < 4.78 is 10.8. The van der Waals surface area contributed by atoms with Crippen molar-refractivity contribution in [3.05, 3.63) is 35.5 Å². The summed E-state index contributed by atoms with van der Waals surface area (Å²) in [4.78, 5) is 19.1. The lowest BCUT2D eigenvalue weighted by molar-refractivity contribution is -0.117. The van der Waals surface area contributed by atoms with Crippen LogP contribution in [0.4, 0.5) is 0 Å². The number of piperazine rings is 2. The van der Waals surface area contributed by atoms with Gasteiger partial charge in [0, 0.05) is 78.2 Å². The minimum atomic E-state index is -0.291. The zero-order valence-electron chi connectivity index (χ0n) is 17.8. The number of nitrogens with one attached hydrogen (secondary N) is 2. The van der Waals surface area contributed by atoms with Crippen LogP contribution in [0.2, 0.25) is 0 Å². The zero-order chi connectivity index (χ0) is 21.5. The second kappa shape index (κ2) is 10.5. The molecule has 0 aromatic heterocycles. The van der Waals surface area contributed by atoms with Crippen molar-refractivity contribution in [2.75, 3.05) is 72.2 Å². The third-order valence-corrected chi connectivity index (χ3v) is 5.85. The van der Waals surface area contributed by atoms with E-state index in [1.54, 1.807) is 6.20 Å². The van der Waals surface area contributed by atoms with E-state index in [4.69, 9.17) is 9.47 Å². The van der Waals surface area contributed by atoms with Gasteiger partial charge in [-0.25, -0.2) is 0 Å². The molecule has 3 aliphatic heterocycles. The third kappa shape index (κ3) is 5.88. The average Bonchev–Trinajstić information content (AvgIpc) is 3.27. The number of hydrogen-bond donors (Lipinski definition) is 2. The number of benzene rings is 1. The molecule has 0 aliphatic carbocycles. The molecule has 0 spiro atoms. The number of amides is 1. The fraction of sp³-hybridized carbons (Fsp3) is 0.545. The number of fused-ring (bicyclic) bond motifs is 1. The second-order valence-electron chi connectivity index (χ2n) is 8.00. The SMILES string of the molecule is N#C/C(=C/N1CCN(Cc2ccc3c(c2)OCO3)CC1)C(=O)NCCN1CCNCC1. The Hall–Kier alpha value is -2.80. The molecule has 3 aliphatic rings. The summed E-state index contributed by atoms with van der Waals surface area (Å²) in [6, 6.07) is 8.11. The molecule has 0 saturated carbocycles. The Labute approximate surface area is 183 Å². The molecule has 3 heterocycles. The number of nitriles is 1. The zero-order valence-corrected chi connectivity index (χ0v) is 17.8. The van der Waals surface area contributed by atoms with Gasteiger partial charge in [0.05, 0.1) is 0 Å². The highest BCUT2D eigenvalue weighted by Crippen LogP contribution is 2.32. The Morgan fingerprint density at radius 2 is 1.87 bits per heavy atom. The van der Waals surface area contributed by atoms with E-state index in [1.807, 2.05) is 12.1 Å². The Morgan fingerprint density at radius 3 is 2.65 bits per heavy atom. The summed E-state index contributed by atoms with van der Waals surface area (Å²) in [5.74, 6) is 1.31. The van der Waals surface area contributed by atoms with Gasteiger partial charge in [-0.3, -0.25) is 14.6 Å². The van der Waals surface area contributed by atoms with Gasteiger partial charge in [-0.1, -0.05) is 6.07 Å². The van der Waals surface area contributed by atoms with Gasteiger partial charge in [0.1, 0.15) is 11.6 Å². The Bertz CT molecular complexity index is 838. The van der Waals surface area contributed by atoms with Gasteiger partial charge in [-0.2, -0.15) is 5.26 Å². The lowest BCUT2D eigenvalue weighted by Crippen LogP contribution is -2.46. The molecule has 2 saturated heterocycles. The first-order chi connectivity index (χ1) is 15.2. The summed E-state index contributed by atoms with van der Waals surface area (Å²) in [7, 11) is 0. The Morgan fingerprint density at radius 1 is 1.10 bits per heavy atom. The van der Waals surface area contributed by atoms with E-state index in [2.05, 4.69) is 37.5 Å². The maximum atomic E-state index is 12.4. The van der Waals surface area contributed by atoms with Gasteiger partial charge in [0.25, 0.3) is 5.91 Å². The lowest BCUT2D eigenvalue weighted by atomic mass is 10.1. The fourth-order valence-corrected chi connectivity index (χ4v) is 4.03. The number of nitrogens with zero attached hydrogens (tertiary/aromatic N) is 4. The smallest absolute Gasteiger partial charge is 0.263 e. The molecule has 1 aromatic carbocycles. The second-order valence-corrected chi connectivity index (χ2v) is 8.00. The predicted molar refractivity (Wildman–Crippen MR) is 115 cm³/mol. The number of hydrogen-bond acceptors (Lipinski definition) is 8. The van der Waals surface area contributed by atoms with Crippen LogP contribution in [-0.2, 0) is 11.3 Å². The van der Waals surface area contributed by atoms with Gasteiger partial charge < -0.3 is 25.0 Å². The van der Waals surface area contributed by atoms with Crippen molar-refractivity contribution in [1.82, 2.24) is 25.3 Å². The quantitative estimate of drug-likeness (QED) is 0.464. The summed E-state index contributed by atoms with van der Waals surface area (Å²) in [5, 5.41) is 15.6. The highest BCUT2D eigenvalue weighted by atomic mass is 16.7. The van der Waals surface area contributed by atoms with E-state index < -0.39 is 0 Å². The largest absolute Gasteiger partial charge is 0.454 e. The van der Waals surface area contributed by atoms with Crippen LogP contribution in [-0.4, -0.2) is 92.8 Å². The van der Waals surface area contributed by atoms with E-state index in [1.165, 1.54) is 5.56 Å². The number of ether oxygens (including phenoxy) is 2. The van der Waals surface area contributed by atoms with Crippen LogP contribution in [0.1, 0.15) is 5.56 Å². The molecule has 0 unspecified atom stereocenters. The Balaban J connectivity index is 1.21. The summed E-state index contributed by atoms with van der Waals surface area (Å²) in [5.41, 5.74) is 1.36. The molecule has 1 amide bonds. The fourth-order valence-electron chi connectivity index (χ4n) is 4.03. The highest BCUT2D eigenvalue weighted by molar-refractivity contribution is 5.97. The third-order valence-electron chi connectivity index (χ3n) is 5.85. The van der Waals surface area contributed by atoms with E-state index >= 15 is 0 Å². The molecule has 4 rings (SSSR count). The maximum Gasteiger partial charge on any atom is 0.263 e. The van der Waals surface area contributed by atoms with E-state index in [0.29, 0.717) is 6.54 Å². The molecule has 9 heteroatoms. The van der Waals surface area contributed by atoms with Gasteiger partial charge >= 0.3 is 0 Å². The van der Waals surface area contributed by atoms with Crippen LogP contribution >= 0.6 is 0 Å². The predicted octanol–water partition coefficient (Wildman–Crippen LogP) is -0.0382. The van der Waals surface area contributed by atoms with Crippen LogP contribution in [0.25, 0.3) is 0 Å². The van der Waals surface area contributed by atoms with E-state index in [9.17, 15) is 10.1 Å². The molecule has 0 atom stereocenters. The highest BCUT2D eigenvalue weighted by Gasteiger charge is 2.19. The van der Waals surface area contributed by atoms with E-state index in [-0.39, 0.29) is 18.3 Å². The number of carbonyl (C=O) groups is 1. The van der Waals surface area contributed by atoms with Crippen molar-refractivity contribution < 1.29 is 14.3 Å². The molecular formula is C22H30N6O3. The van der Waals surface area contributed by atoms with Gasteiger partial charge in [0.15, 0.2) is 11.5 Å². The molecular weight excluding hydrogens is 396 g/mol. The summed E-state index contributed by atoms with van der Waals surface area (Å²) in [6.07, 6.45) is 1.71.